The molecule has 3 aliphatic heterocycles. The fourth-order valence-electron chi connectivity index (χ4n) is 6.73. The molecule has 38 heavy (non-hydrogen) atoms. The average molecular weight is 555 g/mol. The number of esters is 2. The van der Waals surface area contributed by atoms with Gasteiger partial charge in [0.1, 0.15) is 30.5 Å². The van der Waals surface area contributed by atoms with E-state index in [1.807, 2.05) is 48.5 Å². The first-order chi connectivity index (χ1) is 17.1. The Balaban J connectivity index is 1.51. The third-order valence-corrected chi connectivity index (χ3v) is 15.0. The van der Waals surface area contributed by atoms with E-state index in [0.29, 0.717) is 12.8 Å². The highest BCUT2D eigenvalue weighted by atomic mass is 28.4. The van der Waals surface area contributed by atoms with Crippen molar-refractivity contribution in [2.75, 3.05) is 0 Å². The van der Waals surface area contributed by atoms with E-state index in [1.165, 1.54) is 0 Å². The lowest BCUT2D eigenvalue weighted by Gasteiger charge is -2.47. The zero-order valence-corrected chi connectivity index (χ0v) is 26.1. The maximum atomic E-state index is 14.0. The second-order valence-electron chi connectivity index (χ2n) is 15.0. The average Bonchev–Trinajstić information content (AvgIpc) is 3.35. The fraction of sp³-hybridized carbons (Fsp3) is 0.929. The van der Waals surface area contributed by atoms with Gasteiger partial charge in [0.2, 0.25) is 5.60 Å². The quantitative estimate of drug-likeness (QED) is 0.368. The molecule has 0 spiro atoms. The van der Waals surface area contributed by atoms with E-state index < -0.39 is 78.9 Å². The standard InChI is InChI=1S/C28H46O9Si/c1-23(2,3)38(11,12)37-20-18-16(32-25(6,7)34-18)15(17-19(20)35-26(8,9)33-17)31-22(30)28-14-13-27(10,21(29)36-28)24(28,4)5/h15-20H,13-14H2,1-12H3/t15?,16-,17-,18-,19+,20?,27-,28+/m0/s1. The molecule has 5 aliphatic rings. The Morgan fingerprint density at radius 2 is 1.26 bits per heavy atom. The zero-order chi connectivity index (χ0) is 28.5. The molecule has 2 unspecified atom stereocenters. The van der Waals surface area contributed by atoms with Crippen molar-refractivity contribution >= 4 is 20.3 Å². The molecule has 0 radical (unpaired) electrons. The van der Waals surface area contributed by atoms with E-state index in [0.717, 1.165) is 0 Å². The van der Waals surface area contributed by atoms with Gasteiger partial charge in [0, 0.05) is 5.41 Å². The number of carbonyl (C=O) groups is 2. The SMILES string of the molecule is CC1(C)O[C@@H]2C(O[Si](C)(C)C(C)(C)C)[C@@H]3OC(C)(C)O[C@H]3C(OC(=O)[C@@]34CC[C@@](C)(C(=O)O3)C4(C)C)[C@@H]2O1. The van der Waals surface area contributed by atoms with Crippen LogP contribution in [0.1, 0.15) is 82.1 Å². The van der Waals surface area contributed by atoms with Crippen molar-refractivity contribution < 1.29 is 42.4 Å². The molecule has 0 aromatic heterocycles. The Morgan fingerprint density at radius 3 is 1.63 bits per heavy atom. The van der Waals surface area contributed by atoms with Crippen LogP contribution in [-0.2, 0) is 42.4 Å². The first-order valence-electron chi connectivity index (χ1n) is 13.9. The third kappa shape index (κ3) is 3.80. The van der Waals surface area contributed by atoms with Crippen LogP contribution in [0.4, 0.5) is 0 Å². The normalized spacial score (nSPS) is 44.5. The van der Waals surface area contributed by atoms with Crippen LogP contribution < -0.4 is 0 Å². The van der Waals surface area contributed by atoms with Crippen molar-refractivity contribution in [1.29, 1.82) is 0 Å². The highest BCUT2D eigenvalue weighted by Crippen LogP contribution is 2.66. The number of rotatable bonds is 4. The highest BCUT2D eigenvalue weighted by Gasteiger charge is 2.77. The molecule has 3 heterocycles. The Morgan fingerprint density at radius 1 is 0.816 bits per heavy atom. The lowest BCUT2D eigenvalue weighted by Crippen LogP contribution is -2.66. The van der Waals surface area contributed by atoms with Crippen LogP contribution in [0.25, 0.3) is 0 Å². The molecule has 10 heteroatoms. The van der Waals surface area contributed by atoms with E-state index in [9.17, 15) is 9.59 Å². The van der Waals surface area contributed by atoms with E-state index in [1.54, 1.807) is 0 Å². The summed E-state index contributed by atoms with van der Waals surface area (Å²) >= 11 is 0. The van der Waals surface area contributed by atoms with Gasteiger partial charge in [0.25, 0.3) is 0 Å². The molecule has 9 nitrogen and oxygen atoms in total. The smallest absolute Gasteiger partial charge is 0.351 e. The number of carbonyl (C=O) groups excluding carboxylic acids is 2. The summed E-state index contributed by atoms with van der Waals surface area (Å²) in [5, 5.41) is -0.0442. The van der Waals surface area contributed by atoms with Crippen LogP contribution in [0.15, 0.2) is 0 Å². The maximum Gasteiger partial charge on any atom is 0.351 e. The van der Waals surface area contributed by atoms with Crippen molar-refractivity contribution in [3.8, 4) is 0 Å². The second-order valence-corrected chi connectivity index (χ2v) is 19.8. The molecule has 0 aromatic rings. The number of fused-ring (bicyclic) bond motifs is 4. The number of hydrogen-bond acceptors (Lipinski definition) is 9. The van der Waals surface area contributed by atoms with Crippen molar-refractivity contribution in [3.63, 3.8) is 0 Å². The lowest BCUT2D eigenvalue weighted by atomic mass is 9.66. The Hall–Kier alpha value is -1.04. The predicted molar refractivity (Wildman–Crippen MR) is 140 cm³/mol. The van der Waals surface area contributed by atoms with Crippen LogP contribution in [0.3, 0.4) is 0 Å². The highest BCUT2D eigenvalue weighted by molar-refractivity contribution is 6.74. The summed E-state index contributed by atoms with van der Waals surface area (Å²) in [4.78, 5) is 26.9. The molecule has 2 saturated carbocycles. The molecule has 3 saturated heterocycles. The molecular formula is C28H46O9Si. The summed E-state index contributed by atoms with van der Waals surface area (Å²) < 4.78 is 44.7. The van der Waals surface area contributed by atoms with Crippen LogP contribution in [0.5, 0.6) is 0 Å². The van der Waals surface area contributed by atoms with E-state index in [4.69, 9.17) is 32.8 Å². The van der Waals surface area contributed by atoms with Crippen molar-refractivity contribution in [2.24, 2.45) is 10.8 Å². The van der Waals surface area contributed by atoms with Crippen molar-refractivity contribution in [1.82, 2.24) is 0 Å². The van der Waals surface area contributed by atoms with E-state index in [-0.39, 0.29) is 11.0 Å². The minimum atomic E-state index is -2.26. The van der Waals surface area contributed by atoms with Gasteiger partial charge in [0.05, 0.1) is 5.41 Å². The van der Waals surface area contributed by atoms with Gasteiger partial charge in [-0.1, -0.05) is 34.6 Å². The van der Waals surface area contributed by atoms with E-state index >= 15 is 0 Å². The Kier molecular flexibility index (Phi) is 6.02. The Labute approximate surface area is 227 Å². The lowest BCUT2D eigenvalue weighted by molar-refractivity contribution is -0.213. The summed E-state index contributed by atoms with van der Waals surface area (Å²) in [5.74, 6) is -2.76. The van der Waals surface area contributed by atoms with Crippen molar-refractivity contribution in [3.05, 3.63) is 0 Å². The number of hydrogen-bond donors (Lipinski definition) is 0. The zero-order valence-electron chi connectivity index (χ0n) is 25.1. The number of ether oxygens (including phenoxy) is 6. The summed E-state index contributed by atoms with van der Waals surface area (Å²) in [6.07, 6.45) is -2.70. The van der Waals surface area contributed by atoms with Gasteiger partial charge in [-0.15, -0.1) is 0 Å². The molecule has 5 rings (SSSR count). The molecule has 2 aliphatic carbocycles. The first kappa shape index (κ1) is 28.5. The largest absolute Gasteiger partial charge is 0.454 e. The van der Waals surface area contributed by atoms with Gasteiger partial charge in [-0.25, -0.2) is 4.79 Å². The monoisotopic (exact) mass is 554 g/mol. The molecule has 2 bridgehead atoms. The van der Waals surface area contributed by atoms with Gasteiger partial charge in [0.15, 0.2) is 26.0 Å². The van der Waals surface area contributed by atoms with Gasteiger partial charge in [-0.05, 0) is 65.6 Å². The molecular weight excluding hydrogens is 508 g/mol. The van der Waals surface area contributed by atoms with Crippen LogP contribution in [-0.4, -0.2) is 74.1 Å². The topological polar surface area (TPSA) is 98.8 Å². The molecule has 0 amide bonds. The van der Waals surface area contributed by atoms with Crippen molar-refractivity contribution in [2.45, 2.75) is 154 Å². The second kappa shape index (κ2) is 8.03. The molecule has 0 aromatic carbocycles. The molecule has 216 valence electrons. The van der Waals surface area contributed by atoms with Crippen LogP contribution in [0.2, 0.25) is 18.1 Å². The van der Waals surface area contributed by atoms with Crippen LogP contribution in [0, 0.1) is 10.8 Å². The molecule has 8 atom stereocenters. The van der Waals surface area contributed by atoms with Gasteiger partial charge in [-0.3, -0.25) is 4.79 Å². The first-order valence-corrected chi connectivity index (χ1v) is 16.8. The van der Waals surface area contributed by atoms with Crippen LogP contribution >= 0.6 is 0 Å². The van der Waals surface area contributed by atoms with Gasteiger partial charge < -0.3 is 32.8 Å². The fourth-order valence-corrected chi connectivity index (χ4v) is 8.03. The summed E-state index contributed by atoms with van der Waals surface area (Å²) in [7, 11) is -2.26. The van der Waals surface area contributed by atoms with E-state index in [2.05, 4.69) is 33.9 Å². The predicted octanol–water partition coefficient (Wildman–Crippen LogP) is 4.46. The minimum Gasteiger partial charge on any atom is -0.454 e. The minimum absolute atomic E-state index is 0.0442. The van der Waals surface area contributed by atoms with Gasteiger partial charge >= 0.3 is 11.9 Å². The summed E-state index contributed by atoms with van der Waals surface area (Å²) in [6.45, 7) is 24.0. The maximum absolute atomic E-state index is 14.0. The Bertz CT molecular complexity index is 998. The third-order valence-electron chi connectivity index (χ3n) is 10.5. The summed E-state index contributed by atoms with van der Waals surface area (Å²) in [6, 6.07) is 0. The summed E-state index contributed by atoms with van der Waals surface area (Å²) in [5.41, 5.74) is -2.83. The van der Waals surface area contributed by atoms with Gasteiger partial charge in [-0.2, -0.15) is 0 Å². The molecule has 5 fully saturated rings. The molecule has 0 N–H and O–H groups in total.